The molecule has 0 bridgehead atoms. The van der Waals surface area contributed by atoms with Crippen molar-refractivity contribution in [1.29, 1.82) is 0 Å². The van der Waals surface area contributed by atoms with Crippen molar-refractivity contribution in [1.82, 2.24) is 4.98 Å². The Kier molecular flexibility index (Phi) is 5.03. The number of nitrogens with zero attached hydrogens (tertiary/aromatic N) is 1. The van der Waals surface area contributed by atoms with Crippen LogP contribution in [-0.4, -0.2) is 10.9 Å². The fourth-order valence-electron chi connectivity index (χ4n) is 3.19. The molecule has 144 valence electrons. The molecule has 1 amide bonds. The van der Waals surface area contributed by atoms with E-state index in [0.29, 0.717) is 22.2 Å². The molecule has 0 saturated heterocycles. The molecule has 5 heteroatoms. The van der Waals surface area contributed by atoms with Gasteiger partial charge in [-0.1, -0.05) is 41.9 Å². The van der Waals surface area contributed by atoms with Gasteiger partial charge in [0.25, 0.3) is 5.91 Å². The van der Waals surface area contributed by atoms with E-state index in [0.717, 1.165) is 11.1 Å². The number of nitrogens with one attached hydrogen (secondary N) is 1. The average Bonchev–Trinajstić information content (AvgIpc) is 2.71. The van der Waals surface area contributed by atoms with Crippen LogP contribution in [0.3, 0.4) is 0 Å². The third kappa shape index (κ3) is 3.84. The van der Waals surface area contributed by atoms with Crippen molar-refractivity contribution in [3.8, 4) is 11.3 Å². The number of halogens is 2. The van der Waals surface area contributed by atoms with Crippen LogP contribution < -0.4 is 5.32 Å². The molecule has 0 aliphatic rings. The molecule has 4 aromatic rings. The summed E-state index contributed by atoms with van der Waals surface area (Å²) in [7, 11) is 0. The van der Waals surface area contributed by atoms with E-state index in [-0.39, 0.29) is 10.7 Å². The molecule has 0 spiro atoms. The summed E-state index contributed by atoms with van der Waals surface area (Å²) < 4.78 is 14.2. The van der Waals surface area contributed by atoms with Gasteiger partial charge in [-0.15, -0.1) is 0 Å². The Balaban J connectivity index is 1.82. The summed E-state index contributed by atoms with van der Waals surface area (Å²) in [6.45, 7) is 4.09. The van der Waals surface area contributed by atoms with Gasteiger partial charge in [0.15, 0.2) is 0 Å². The first kappa shape index (κ1) is 19.1. The first-order valence-corrected chi connectivity index (χ1v) is 9.54. The summed E-state index contributed by atoms with van der Waals surface area (Å²) in [5.41, 5.74) is 5.15. The summed E-state index contributed by atoms with van der Waals surface area (Å²) >= 11 is 5.80. The molecule has 1 N–H and O–H groups in total. The molecule has 0 atom stereocenters. The largest absolute Gasteiger partial charge is 0.319 e. The van der Waals surface area contributed by atoms with E-state index in [1.165, 1.54) is 23.8 Å². The molecule has 3 nitrogen and oxygen atoms in total. The molecule has 0 saturated carbocycles. The van der Waals surface area contributed by atoms with Crippen LogP contribution >= 0.6 is 11.6 Å². The van der Waals surface area contributed by atoms with E-state index < -0.39 is 11.7 Å². The molecule has 3 aromatic carbocycles. The monoisotopic (exact) mass is 404 g/mol. The quantitative estimate of drug-likeness (QED) is 0.420. The van der Waals surface area contributed by atoms with Gasteiger partial charge in [0, 0.05) is 16.0 Å². The van der Waals surface area contributed by atoms with Gasteiger partial charge in [0.1, 0.15) is 5.82 Å². The van der Waals surface area contributed by atoms with Crippen LogP contribution in [0.2, 0.25) is 5.02 Å². The second-order valence-corrected chi connectivity index (χ2v) is 7.39. The molecular weight excluding hydrogens is 387 g/mol. The highest BCUT2D eigenvalue weighted by Gasteiger charge is 2.16. The van der Waals surface area contributed by atoms with Gasteiger partial charge in [-0.05, 0) is 61.4 Å². The number of hydrogen-bond acceptors (Lipinski definition) is 2. The van der Waals surface area contributed by atoms with E-state index in [4.69, 9.17) is 16.6 Å². The van der Waals surface area contributed by atoms with Crippen LogP contribution in [0, 0.1) is 19.7 Å². The van der Waals surface area contributed by atoms with Crippen LogP contribution in [0.4, 0.5) is 10.1 Å². The Hall–Kier alpha value is -3.24. The topological polar surface area (TPSA) is 42.0 Å². The first-order valence-electron chi connectivity index (χ1n) is 9.16. The number of hydrogen-bond donors (Lipinski definition) is 1. The van der Waals surface area contributed by atoms with Crippen molar-refractivity contribution in [2.45, 2.75) is 13.8 Å². The molecular formula is C24H18ClFN2O. The summed E-state index contributed by atoms with van der Waals surface area (Å²) in [5, 5.41) is 3.62. The number of amides is 1. The zero-order valence-electron chi connectivity index (χ0n) is 16.0. The lowest BCUT2D eigenvalue weighted by Gasteiger charge is -2.12. The highest BCUT2D eigenvalue weighted by atomic mass is 35.5. The van der Waals surface area contributed by atoms with Gasteiger partial charge in [-0.25, -0.2) is 9.37 Å². The lowest BCUT2D eigenvalue weighted by atomic mass is 10.0. The third-order valence-electron chi connectivity index (χ3n) is 4.94. The molecule has 0 fully saturated rings. The number of pyridine rings is 1. The van der Waals surface area contributed by atoms with Gasteiger partial charge >= 0.3 is 0 Å². The van der Waals surface area contributed by atoms with Crippen LogP contribution in [0.25, 0.3) is 22.2 Å². The van der Waals surface area contributed by atoms with Crippen LogP contribution in [0.5, 0.6) is 0 Å². The maximum absolute atomic E-state index is 14.2. The summed E-state index contributed by atoms with van der Waals surface area (Å²) in [6.07, 6.45) is 0. The van der Waals surface area contributed by atoms with Gasteiger partial charge in [-0.3, -0.25) is 4.79 Å². The van der Waals surface area contributed by atoms with Crippen molar-refractivity contribution < 1.29 is 9.18 Å². The SMILES string of the molecule is Cc1ccc(-c2cc(C(=O)Nc3ccc(Cl)cc3F)c3ccccc3n2)cc1C. The average molecular weight is 405 g/mol. The van der Waals surface area contributed by atoms with Gasteiger partial charge < -0.3 is 5.32 Å². The number of aromatic nitrogens is 1. The predicted molar refractivity (Wildman–Crippen MR) is 116 cm³/mol. The molecule has 0 unspecified atom stereocenters. The molecule has 1 heterocycles. The number of benzene rings is 3. The number of aryl methyl sites for hydroxylation is 2. The summed E-state index contributed by atoms with van der Waals surface area (Å²) in [4.78, 5) is 17.8. The number of para-hydroxylation sites is 1. The van der Waals surface area contributed by atoms with Gasteiger partial charge in [0.05, 0.1) is 22.5 Å². The maximum atomic E-state index is 14.2. The van der Waals surface area contributed by atoms with Crippen LogP contribution in [-0.2, 0) is 0 Å². The van der Waals surface area contributed by atoms with E-state index in [1.807, 2.05) is 56.3 Å². The van der Waals surface area contributed by atoms with E-state index in [1.54, 1.807) is 6.07 Å². The molecule has 4 rings (SSSR count). The molecule has 29 heavy (non-hydrogen) atoms. The van der Waals surface area contributed by atoms with E-state index >= 15 is 0 Å². The lowest BCUT2D eigenvalue weighted by molar-refractivity contribution is 0.102. The number of carbonyl (C=O) groups is 1. The van der Waals surface area contributed by atoms with Crippen molar-refractivity contribution in [3.63, 3.8) is 0 Å². The fraction of sp³-hybridized carbons (Fsp3) is 0.0833. The molecule has 0 aliphatic heterocycles. The minimum atomic E-state index is -0.585. The first-order chi connectivity index (χ1) is 13.9. The second-order valence-electron chi connectivity index (χ2n) is 6.95. The zero-order valence-corrected chi connectivity index (χ0v) is 16.7. The fourth-order valence-corrected chi connectivity index (χ4v) is 3.35. The smallest absolute Gasteiger partial charge is 0.256 e. The van der Waals surface area contributed by atoms with Crippen molar-refractivity contribution >= 4 is 34.1 Å². The van der Waals surface area contributed by atoms with Crippen LogP contribution in [0.15, 0.2) is 66.7 Å². The minimum Gasteiger partial charge on any atom is -0.319 e. The molecule has 0 aliphatic carbocycles. The number of rotatable bonds is 3. The highest BCUT2D eigenvalue weighted by Crippen LogP contribution is 2.27. The van der Waals surface area contributed by atoms with E-state index in [2.05, 4.69) is 5.32 Å². The Bertz CT molecular complexity index is 1250. The summed E-state index contributed by atoms with van der Waals surface area (Å²) in [5.74, 6) is -0.992. The van der Waals surface area contributed by atoms with Crippen molar-refractivity contribution in [2.75, 3.05) is 5.32 Å². The predicted octanol–water partition coefficient (Wildman–Crippen LogP) is 6.56. The maximum Gasteiger partial charge on any atom is 0.256 e. The standard InChI is InChI=1S/C24H18ClFN2O/c1-14-7-8-16(11-15(14)2)23-13-19(18-5-3-4-6-21(18)27-23)24(29)28-22-10-9-17(25)12-20(22)26/h3-13H,1-2H3,(H,28,29). The zero-order chi connectivity index (χ0) is 20.5. The van der Waals surface area contributed by atoms with Gasteiger partial charge in [-0.2, -0.15) is 0 Å². The lowest BCUT2D eigenvalue weighted by Crippen LogP contribution is -2.14. The molecule has 1 aromatic heterocycles. The Labute approximate surface area is 173 Å². The Morgan fingerprint density at radius 2 is 1.76 bits per heavy atom. The van der Waals surface area contributed by atoms with E-state index in [9.17, 15) is 9.18 Å². The summed E-state index contributed by atoms with van der Waals surface area (Å²) in [6, 6.07) is 19.4. The van der Waals surface area contributed by atoms with Crippen LogP contribution in [0.1, 0.15) is 21.5 Å². The third-order valence-corrected chi connectivity index (χ3v) is 5.18. The Morgan fingerprint density at radius 3 is 2.52 bits per heavy atom. The minimum absolute atomic E-state index is 0.0769. The van der Waals surface area contributed by atoms with Crippen molar-refractivity contribution in [2.24, 2.45) is 0 Å². The molecule has 0 radical (unpaired) electrons. The normalized spacial score (nSPS) is 10.9. The Morgan fingerprint density at radius 1 is 0.966 bits per heavy atom. The second kappa shape index (κ2) is 7.64. The van der Waals surface area contributed by atoms with Crippen molar-refractivity contribution in [3.05, 3.63) is 94.3 Å². The highest BCUT2D eigenvalue weighted by molar-refractivity contribution is 6.30. The number of fused-ring (bicyclic) bond motifs is 1. The number of anilines is 1. The van der Waals surface area contributed by atoms with Gasteiger partial charge in [0.2, 0.25) is 0 Å². The number of carbonyl (C=O) groups excluding carboxylic acids is 1.